The molecule has 8 heteroatoms. The van der Waals surface area contributed by atoms with Crippen LogP contribution in [0.2, 0.25) is 0 Å². The first-order valence-corrected chi connectivity index (χ1v) is 8.31. The molecule has 146 valence electrons. The molecule has 26 heavy (non-hydrogen) atoms. The van der Waals surface area contributed by atoms with E-state index < -0.39 is 24.4 Å². The van der Waals surface area contributed by atoms with Crippen LogP contribution in [0.5, 0.6) is 5.75 Å². The van der Waals surface area contributed by atoms with Crippen molar-refractivity contribution in [2.75, 3.05) is 7.05 Å². The van der Waals surface area contributed by atoms with Crippen molar-refractivity contribution in [3.63, 3.8) is 0 Å². The van der Waals surface area contributed by atoms with Gasteiger partial charge in [0.15, 0.2) is 0 Å². The zero-order chi connectivity index (χ0) is 20.1. The van der Waals surface area contributed by atoms with E-state index in [9.17, 15) is 9.59 Å². The number of nitrogens with two attached hydrogens (primary N) is 1. The van der Waals surface area contributed by atoms with Crippen LogP contribution in [0.3, 0.4) is 0 Å². The SMILES string of the molecule is CN[C@@H](C)C/C=C/c1cncc(OC(C)C)c1.N[C@H](CC(=O)O)C(=O)O. The van der Waals surface area contributed by atoms with E-state index in [4.69, 9.17) is 20.7 Å². The van der Waals surface area contributed by atoms with Crippen molar-refractivity contribution in [3.8, 4) is 5.75 Å². The lowest BCUT2D eigenvalue weighted by Crippen LogP contribution is -2.32. The standard InChI is InChI=1S/C14H22N2O.C4H7NO4/c1-11(2)17-14-8-13(9-16-10-14)7-5-6-12(3)15-4;5-2(4(8)9)1-3(6)7/h5,7-12,15H,6H2,1-4H3;2H,1,5H2,(H,6,7)(H,8,9)/b7-5+;/t12-;2-/m01/s1. The lowest BCUT2D eigenvalue weighted by Gasteiger charge is -2.09. The molecule has 0 unspecified atom stereocenters. The molecular weight excluding hydrogens is 338 g/mol. The monoisotopic (exact) mass is 367 g/mol. The second-order valence-corrected chi connectivity index (χ2v) is 5.99. The van der Waals surface area contributed by atoms with Crippen LogP contribution >= 0.6 is 0 Å². The number of hydrogen-bond donors (Lipinski definition) is 4. The molecule has 0 aromatic carbocycles. The summed E-state index contributed by atoms with van der Waals surface area (Å²) in [4.78, 5) is 23.8. The number of nitrogens with one attached hydrogen (secondary N) is 1. The summed E-state index contributed by atoms with van der Waals surface area (Å²) in [6.45, 7) is 6.18. The average molecular weight is 367 g/mol. The van der Waals surface area contributed by atoms with E-state index in [0.717, 1.165) is 17.7 Å². The van der Waals surface area contributed by atoms with Crippen molar-refractivity contribution in [1.29, 1.82) is 0 Å². The number of nitrogens with zero attached hydrogens (tertiary/aromatic N) is 1. The third-order valence-corrected chi connectivity index (χ3v) is 3.11. The van der Waals surface area contributed by atoms with Crippen molar-refractivity contribution in [2.24, 2.45) is 5.73 Å². The number of hydrogen-bond acceptors (Lipinski definition) is 6. The van der Waals surface area contributed by atoms with E-state index in [1.807, 2.05) is 33.2 Å². The third-order valence-electron chi connectivity index (χ3n) is 3.11. The van der Waals surface area contributed by atoms with Gasteiger partial charge >= 0.3 is 11.9 Å². The highest BCUT2D eigenvalue weighted by molar-refractivity contribution is 5.80. The van der Waals surface area contributed by atoms with Gasteiger partial charge in [0.2, 0.25) is 0 Å². The van der Waals surface area contributed by atoms with Crippen molar-refractivity contribution < 1.29 is 24.5 Å². The fraction of sp³-hybridized carbons (Fsp3) is 0.500. The van der Waals surface area contributed by atoms with Crippen LogP contribution in [0, 0.1) is 0 Å². The molecule has 0 aliphatic carbocycles. The lowest BCUT2D eigenvalue weighted by molar-refractivity contribution is -0.144. The van der Waals surface area contributed by atoms with E-state index >= 15 is 0 Å². The van der Waals surface area contributed by atoms with Crippen LogP contribution in [-0.4, -0.2) is 52.4 Å². The van der Waals surface area contributed by atoms with Crippen molar-refractivity contribution in [2.45, 2.75) is 51.8 Å². The smallest absolute Gasteiger partial charge is 0.321 e. The minimum atomic E-state index is -1.29. The quantitative estimate of drug-likeness (QED) is 0.518. The highest BCUT2D eigenvalue weighted by Gasteiger charge is 2.14. The Bertz CT molecular complexity index is 590. The predicted molar refractivity (Wildman–Crippen MR) is 100 cm³/mol. The first kappa shape index (κ1) is 23.5. The van der Waals surface area contributed by atoms with Gasteiger partial charge in [-0.15, -0.1) is 0 Å². The Morgan fingerprint density at radius 3 is 2.42 bits per heavy atom. The van der Waals surface area contributed by atoms with Gasteiger partial charge in [-0.25, -0.2) is 0 Å². The molecule has 0 saturated carbocycles. The zero-order valence-corrected chi connectivity index (χ0v) is 15.7. The highest BCUT2D eigenvalue weighted by Crippen LogP contribution is 2.14. The van der Waals surface area contributed by atoms with Crippen LogP contribution in [0.15, 0.2) is 24.5 Å². The summed E-state index contributed by atoms with van der Waals surface area (Å²) in [5.41, 5.74) is 5.91. The predicted octanol–water partition coefficient (Wildman–Crippen LogP) is 1.75. The topological polar surface area (TPSA) is 135 Å². The molecule has 0 spiro atoms. The number of carbonyl (C=O) groups is 2. The Labute approximate surface area is 154 Å². The zero-order valence-electron chi connectivity index (χ0n) is 15.7. The largest absolute Gasteiger partial charge is 0.489 e. The van der Waals surface area contributed by atoms with Gasteiger partial charge in [-0.3, -0.25) is 14.6 Å². The fourth-order valence-electron chi connectivity index (χ4n) is 1.66. The second-order valence-electron chi connectivity index (χ2n) is 5.99. The summed E-state index contributed by atoms with van der Waals surface area (Å²) in [5.74, 6) is -1.67. The number of ether oxygens (including phenoxy) is 1. The number of carboxylic acid groups (broad SMARTS) is 2. The second kappa shape index (κ2) is 12.8. The van der Waals surface area contributed by atoms with Crippen molar-refractivity contribution in [1.82, 2.24) is 10.3 Å². The molecule has 0 saturated heterocycles. The maximum absolute atomic E-state index is 9.85. The number of carboxylic acids is 2. The normalized spacial score (nSPS) is 13.0. The minimum absolute atomic E-state index is 0.181. The van der Waals surface area contributed by atoms with Crippen LogP contribution in [0.25, 0.3) is 6.08 Å². The van der Waals surface area contributed by atoms with Crippen molar-refractivity contribution >= 4 is 18.0 Å². The Morgan fingerprint density at radius 1 is 1.31 bits per heavy atom. The van der Waals surface area contributed by atoms with Crippen LogP contribution < -0.4 is 15.8 Å². The first-order valence-electron chi connectivity index (χ1n) is 8.31. The van der Waals surface area contributed by atoms with Gasteiger partial charge in [0.05, 0.1) is 18.7 Å². The molecule has 1 aromatic rings. The van der Waals surface area contributed by atoms with E-state index in [2.05, 4.69) is 29.4 Å². The molecule has 0 radical (unpaired) electrons. The average Bonchev–Trinajstić information content (AvgIpc) is 2.54. The molecule has 0 fully saturated rings. The van der Waals surface area contributed by atoms with E-state index in [0.29, 0.717) is 6.04 Å². The molecule has 1 rings (SSSR count). The summed E-state index contributed by atoms with van der Waals surface area (Å²) in [6, 6.07) is 1.21. The summed E-state index contributed by atoms with van der Waals surface area (Å²) < 4.78 is 5.59. The first-order chi connectivity index (χ1) is 12.1. The molecular formula is C18H29N3O5. The number of aliphatic carboxylic acids is 2. The van der Waals surface area contributed by atoms with Crippen molar-refractivity contribution in [3.05, 3.63) is 30.1 Å². The number of rotatable bonds is 9. The summed E-state index contributed by atoms with van der Waals surface area (Å²) in [7, 11) is 1.97. The lowest BCUT2D eigenvalue weighted by atomic mass is 10.2. The number of aromatic nitrogens is 1. The van der Waals surface area contributed by atoms with E-state index in [-0.39, 0.29) is 6.10 Å². The number of pyridine rings is 1. The molecule has 8 nitrogen and oxygen atoms in total. The molecule has 2 atom stereocenters. The summed E-state index contributed by atoms with van der Waals surface area (Å²) in [6.07, 6.45) is 8.47. The molecule has 0 bridgehead atoms. The molecule has 0 amide bonds. The Balaban J connectivity index is 0.000000590. The summed E-state index contributed by atoms with van der Waals surface area (Å²) in [5, 5.41) is 19.2. The Kier molecular flexibility index (Phi) is 11.6. The van der Waals surface area contributed by atoms with Gasteiger partial charge in [-0.2, -0.15) is 0 Å². The van der Waals surface area contributed by atoms with Gasteiger partial charge in [-0.1, -0.05) is 12.2 Å². The maximum Gasteiger partial charge on any atom is 0.321 e. The Morgan fingerprint density at radius 2 is 1.96 bits per heavy atom. The molecule has 1 aromatic heterocycles. The molecule has 1 heterocycles. The van der Waals surface area contributed by atoms with E-state index in [1.165, 1.54) is 0 Å². The molecule has 0 aliphatic rings. The van der Waals surface area contributed by atoms with E-state index in [1.54, 1.807) is 6.20 Å². The molecule has 5 N–H and O–H groups in total. The van der Waals surface area contributed by atoms with Gasteiger partial charge in [0.25, 0.3) is 0 Å². The minimum Gasteiger partial charge on any atom is -0.489 e. The van der Waals surface area contributed by atoms with Crippen LogP contribution in [-0.2, 0) is 9.59 Å². The highest BCUT2D eigenvalue weighted by atomic mass is 16.5. The summed E-state index contributed by atoms with van der Waals surface area (Å²) >= 11 is 0. The molecule has 0 aliphatic heterocycles. The van der Waals surface area contributed by atoms with Crippen LogP contribution in [0.1, 0.15) is 39.2 Å². The Hall–Kier alpha value is -2.45. The maximum atomic E-state index is 9.85. The fourth-order valence-corrected chi connectivity index (χ4v) is 1.66. The van der Waals surface area contributed by atoms with Gasteiger partial charge in [0, 0.05) is 12.2 Å². The third kappa shape index (κ3) is 12.0. The van der Waals surface area contributed by atoms with Gasteiger partial charge in [-0.05, 0) is 45.9 Å². The van der Waals surface area contributed by atoms with Gasteiger partial charge in [0.1, 0.15) is 11.8 Å². The van der Waals surface area contributed by atoms with Crippen LogP contribution in [0.4, 0.5) is 0 Å². The van der Waals surface area contributed by atoms with Gasteiger partial charge < -0.3 is 26.0 Å².